The summed E-state index contributed by atoms with van der Waals surface area (Å²) in [5.41, 5.74) is 3.78. The fraction of sp³-hybridized carbons (Fsp3) is 0.346. The van der Waals surface area contributed by atoms with Crippen molar-refractivity contribution < 1.29 is 24.1 Å². The Morgan fingerprint density at radius 3 is 2.55 bits per heavy atom. The second kappa shape index (κ2) is 9.79. The van der Waals surface area contributed by atoms with Gasteiger partial charge in [-0.3, -0.25) is 9.69 Å². The van der Waals surface area contributed by atoms with Crippen LogP contribution in [0.5, 0.6) is 11.5 Å². The van der Waals surface area contributed by atoms with Crippen LogP contribution in [0.25, 0.3) is 17.0 Å². The predicted octanol–water partition coefficient (Wildman–Crippen LogP) is 3.90. The van der Waals surface area contributed by atoms with Gasteiger partial charge in [0.15, 0.2) is 5.76 Å². The number of allylic oxidation sites excluding steroid dienone is 1. The van der Waals surface area contributed by atoms with Crippen molar-refractivity contribution in [3.05, 3.63) is 64.5 Å². The van der Waals surface area contributed by atoms with Crippen molar-refractivity contribution in [3.63, 3.8) is 0 Å². The molecule has 0 amide bonds. The van der Waals surface area contributed by atoms with Crippen LogP contribution < -0.4 is 4.74 Å². The van der Waals surface area contributed by atoms with Crippen molar-refractivity contribution in [1.82, 2.24) is 9.47 Å². The van der Waals surface area contributed by atoms with Gasteiger partial charge in [0.2, 0.25) is 5.78 Å². The molecule has 2 aromatic carbocycles. The second-order valence-electron chi connectivity index (χ2n) is 8.31. The zero-order chi connectivity index (χ0) is 23.5. The summed E-state index contributed by atoms with van der Waals surface area (Å²) in [7, 11) is 5.29. The van der Waals surface area contributed by atoms with Crippen LogP contribution in [-0.4, -0.2) is 60.9 Å². The summed E-state index contributed by atoms with van der Waals surface area (Å²) in [4.78, 5) is 15.4. The zero-order valence-electron chi connectivity index (χ0n) is 19.6. The van der Waals surface area contributed by atoms with Gasteiger partial charge in [0.25, 0.3) is 0 Å². The average molecular weight is 451 g/mol. The first kappa shape index (κ1) is 23.0. The van der Waals surface area contributed by atoms with Crippen molar-refractivity contribution in [2.75, 3.05) is 40.5 Å². The maximum atomic E-state index is 13.3. The largest absolute Gasteiger partial charge is 0.507 e. The molecule has 0 saturated heterocycles. The molecular formula is C26H30N2O5. The molecule has 0 fully saturated rings. The number of phenols is 1. The normalized spacial score (nSPS) is 14.5. The third-order valence-electron chi connectivity index (χ3n) is 6.04. The predicted molar refractivity (Wildman–Crippen MR) is 128 cm³/mol. The topological polar surface area (TPSA) is 73.2 Å². The number of aromatic hydroxyl groups is 1. The lowest BCUT2D eigenvalue weighted by Crippen LogP contribution is -2.30. The van der Waals surface area contributed by atoms with Crippen molar-refractivity contribution in [2.24, 2.45) is 7.05 Å². The number of hydrogen-bond donors (Lipinski definition) is 1. The molecule has 0 saturated carbocycles. The smallest absolute Gasteiger partial charge is 0.232 e. The lowest BCUT2D eigenvalue weighted by Gasteiger charge is -2.23. The van der Waals surface area contributed by atoms with Crippen LogP contribution >= 0.6 is 0 Å². The van der Waals surface area contributed by atoms with Crippen molar-refractivity contribution >= 4 is 22.8 Å². The van der Waals surface area contributed by atoms with Crippen LogP contribution in [0, 0.1) is 6.92 Å². The molecule has 1 aliphatic rings. The Bertz CT molecular complexity index is 1200. The van der Waals surface area contributed by atoms with E-state index in [2.05, 4.69) is 4.90 Å². The second-order valence-corrected chi connectivity index (χ2v) is 8.31. The number of aryl methyl sites for hydroxylation is 2. The summed E-state index contributed by atoms with van der Waals surface area (Å²) >= 11 is 0. The molecule has 1 aliphatic heterocycles. The number of methoxy groups -OCH3 is 2. The van der Waals surface area contributed by atoms with Gasteiger partial charge in [-0.25, -0.2) is 0 Å². The van der Waals surface area contributed by atoms with E-state index in [4.69, 9.17) is 14.2 Å². The lowest BCUT2D eigenvalue weighted by molar-refractivity contribution is 0.101. The standard InChI is InChI=1S/C26H30N2O5/c1-17-13-22(29)20(16-28(9-11-31-3)10-12-32-4)26-24(17)25(30)23(33-26)14-18-15-27(2)21-8-6-5-7-19(18)21/h5-8,13-15,29H,9-12,16H2,1-4H3/b23-14+. The maximum Gasteiger partial charge on any atom is 0.232 e. The number of para-hydroxylation sites is 1. The van der Waals surface area contributed by atoms with Crippen molar-refractivity contribution in [2.45, 2.75) is 13.5 Å². The molecule has 33 heavy (non-hydrogen) atoms. The van der Waals surface area contributed by atoms with Gasteiger partial charge in [-0.05, 0) is 30.7 Å². The summed E-state index contributed by atoms with van der Waals surface area (Å²) in [6, 6.07) is 9.68. The molecule has 7 nitrogen and oxygen atoms in total. The number of aromatic nitrogens is 1. The highest BCUT2D eigenvalue weighted by molar-refractivity contribution is 6.16. The number of benzene rings is 2. The van der Waals surface area contributed by atoms with E-state index in [0.29, 0.717) is 55.3 Å². The summed E-state index contributed by atoms with van der Waals surface area (Å²) in [6.45, 7) is 4.65. The minimum absolute atomic E-state index is 0.116. The first-order chi connectivity index (χ1) is 15.9. The Balaban J connectivity index is 1.71. The van der Waals surface area contributed by atoms with Crippen LogP contribution in [0.3, 0.4) is 0 Å². The number of hydrogen-bond acceptors (Lipinski definition) is 6. The van der Waals surface area contributed by atoms with Crippen LogP contribution in [0.15, 0.2) is 42.3 Å². The number of ketones is 1. The van der Waals surface area contributed by atoms with Crippen LogP contribution in [0.1, 0.15) is 27.0 Å². The number of phenolic OH excluding ortho intramolecular Hbond substituents is 1. The molecule has 0 spiro atoms. The van der Waals surface area contributed by atoms with E-state index in [9.17, 15) is 9.90 Å². The first-order valence-electron chi connectivity index (χ1n) is 11.0. The van der Waals surface area contributed by atoms with Gasteiger partial charge in [-0.2, -0.15) is 0 Å². The number of rotatable bonds is 9. The highest BCUT2D eigenvalue weighted by atomic mass is 16.5. The number of Topliss-reactive ketones (excluding diaryl/α,β-unsaturated/α-hetero) is 1. The summed E-state index contributed by atoms with van der Waals surface area (Å²) in [6.07, 6.45) is 3.78. The molecule has 1 N–H and O–H groups in total. The number of carbonyl (C=O) groups excluding carboxylic acids is 1. The summed E-state index contributed by atoms with van der Waals surface area (Å²) in [5, 5.41) is 11.8. The SMILES string of the molecule is COCCN(CCOC)Cc1c(O)cc(C)c2c1O/C(=C/c1cn(C)c3ccccc13)C2=O. The van der Waals surface area contributed by atoms with Crippen molar-refractivity contribution in [1.29, 1.82) is 0 Å². The van der Waals surface area contributed by atoms with Crippen LogP contribution in [0.2, 0.25) is 0 Å². The Kier molecular flexibility index (Phi) is 6.83. The molecule has 0 unspecified atom stereocenters. The number of fused-ring (bicyclic) bond motifs is 2. The fourth-order valence-corrected chi connectivity index (χ4v) is 4.30. The Hall–Kier alpha value is -3.13. The molecule has 174 valence electrons. The fourth-order valence-electron chi connectivity index (χ4n) is 4.30. The van der Waals surface area contributed by atoms with E-state index in [1.54, 1.807) is 26.4 Å². The van der Waals surface area contributed by atoms with Gasteiger partial charge in [-0.1, -0.05) is 18.2 Å². The number of ether oxygens (including phenoxy) is 3. The molecule has 1 aromatic heterocycles. The maximum absolute atomic E-state index is 13.3. The molecule has 0 aliphatic carbocycles. The van der Waals surface area contributed by atoms with Crippen molar-refractivity contribution in [3.8, 4) is 11.5 Å². The highest BCUT2D eigenvalue weighted by Crippen LogP contribution is 2.42. The number of nitrogens with zero attached hydrogens (tertiary/aromatic N) is 2. The minimum Gasteiger partial charge on any atom is -0.507 e. The molecule has 0 bridgehead atoms. The molecule has 3 aromatic rings. The van der Waals surface area contributed by atoms with E-state index < -0.39 is 0 Å². The van der Waals surface area contributed by atoms with Gasteiger partial charge in [-0.15, -0.1) is 0 Å². The summed E-state index contributed by atoms with van der Waals surface area (Å²) < 4.78 is 18.6. The molecule has 0 atom stereocenters. The Morgan fingerprint density at radius 1 is 1.15 bits per heavy atom. The first-order valence-corrected chi connectivity index (χ1v) is 11.0. The quantitative estimate of drug-likeness (QED) is 0.499. The molecule has 0 radical (unpaired) electrons. The molecule has 4 rings (SSSR count). The van der Waals surface area contributed by atoms with Crippen LogP contribution in [-0.2, 0) is 23.1 Å². The average Bonchev–Trinajstić information content (AvgIpc) is 3.30. The monoisotopic (exact) mass is 450 g/mol. The van der Waals surface area contributed by atoms with Crippen LogP contribution in [0.4, 0.5) is 0 Å². The third-order valence-corrected chi connectivity index (χ3v) is 6.04. The van der Waals surface area contributed by atoms with Gasteiger partial charge in [0.1, 0.15) is 11.5 Å². The van der Waals surface area contributed by atoms with E-state index in [1.165, 1.54) is 0 Å². The van der Waals surface area contributed by atoms with Gasteiger partial charge in [0, 0.05) is 63.6 Å². The summed E-state index contributed by atoms with van der Waals surface area (Å²) in [5.74, 6) is 0.641. The highest BCUT2D eigenvalue weighted by Gasteiger charge is 2.34. The zero-order valence-corrected chi connectivity index (χ0v) is 19.6. The lowest BCUT2D eigenvalue weighted by atomic mass is 9.99. The molecular weight excluding hydrogens is 420 g/mol. The van der Waals surface area contributed by atoms with Gasteiger partial charge >= 0.3 is 0 Å². The van der Waals surface area contributed by atoms with E-state index in [0.717, 1.165) is 16.5 Å². The number of carbonyl (C=O) groups is 1. The Morgan fingerprint density at radius 2 is 1.85 bits per heavy atom. The third kappa shape index (κ3) is 4.53. The molecule has 2 heterocycles. The van der Waals surface area contributed by atoms with E-state index >= 15 is 0 Å². The molecule has 7 heteroatoms. The van der Waals surface area contributed by atoms with E-state index in [-0.39, 0.29) is 17.3 Å². The van der Waals surface area contributed by atoms with Gasteiger partial charge in [0.05, 0.1) is 24.3 Å². The minimum atomic E-state index is -0.169. The Labute approximate surface area is 193 Å². The van der Waals surface area contributed by atoms with Gasteiger partial charge < -0.3 is 23.9 Å². The van der Waals surface area contributed by atoms with E-state index in [1.807, 2.05) is 49.0 Å².